The quantitative estimate of drug-likeness (QED) is 0.815. The van der Waals surface area contributed by atoms with Crippen LogP contribution in [0.3, 0.4) is 0 Å². The first-order chi connectivity index (χ1) is 11.5. The molecule has 24 heavy (non-hydrogen) atoms. The van der Waals surface area contributed by atoms with Gasteiger partial charge in [0.1, 0.15) is 0 Å². The molecule has 1 atom stereocenters. The van der Waals surface area contributed by atoms with E-state index in [0.717, 1.165) is 5.56 Å². The zero-order valence-electron chi connectivity index (χ0n) is 12.9. The number of halogens is 2. The van der Waals surface area contributed by atoms with Crippen LogP contribution in [-0.4, -0.2) is 17.9 Å². The Hall–Kier alpha value is -2.60. The number of benzene rings is 2. The van der Waals surface area contributed by atoms with Gasteiger partial charge in [-0.2, -0.15) is 0 Å². The van der Waals surface area contributed by atoms with Gasteiger partial charge in [-0.1, -0.05) is 35.9 Å². The number of nitrogens with one attached hydrogen (secondary N) is 2. The van der Waals surface area contributed by atoms with E-state index in [2.05, 4.69) is 10.9 Å². The van der Waals surface area contributed by atoms with Crippen molar-refractivity contribution in [3.8, 4) is 5.75 Å². The smallest absolute Gasteiger partial charge is 0.279 e. The van der Waals surface area contributed by atoms with E-state index >= 15 is 0 Å². The van der Waals surface area contributed by atoms with E-state index in [4.69, 9.17) is 16.3 Å². The molecule has 0 aliphatic rings. The van der Waals surface area contributed by atoms with Crippen LogP contribution in [0.2, 0.25) is 5.02 Å². The van der Waals surface area contributed by atoms with Crippen molar-refractivity contribution >= 4 is 23.4 Å². The van der Waals surface area contributed by atoms with E-state index in [1.165, 1.54) is 25.1 Å². The highest BCUT2D eigenvalue weighted by Crippen LogP contribution is 2.16. The molecule has 2 rings (SSSR count). The van der Waals surface area contributed by atoms with Crippen LogP contribution in [0.1, 0.15) is 12.5 Å². The first kappa shape index (κ1) is 17.7. The zero-order valence-corrected chi connectivity index (χ0v) is 13.6. The summed E-state index contributed by atoms with van der Waals surface area (Å²) in [5.41, 5.74) is 5.27. The minimum Gasteiger partial charge on any atom is -0.478 e. The Balaban J connectivity index is 1.80. The summed E-state index contributed by atoms with van der Waals surface area (Å²) in [4.78, 5) is 23.6. The van der Waals surface area contributed by atoms with Crippen molar-refractivity contribution in [2.45, 2.75) is 19.4 Å². The molecule has 0 spiro atoms. The second-order valence-electron chi connectivity index (χ2n) is 5.03. The summed E-state index contributed by atoms with van der Waals surface area (Å²) in [5.74, 6) is -1.59. The number of hydrogen-bond acceptors (Lipinski definition) is 3. The topological polar surface area (TPSA) is 67.4 Å². The van der Waals surface area contributed by atoms with Gasteiger partial charge in [-0.25, -0.2) is 4.39 Å². The summed E-state index contributed by atoms with van der Waals surface area (Å²) < 4.78 is 18.7. The normalized spacial score (nSPS) is 11.5. The Morgan fingerprint density at radius 1 is 1.12 bits per heavy atom. The van der Waals surface area contributed by atoms with E-state index < -0.39 is 23.7 Å². The zero-order chi connectivity index (χ0) is 17.5. The van der Waals surface area contributed by atoms with Crippen molar-refractivity contribution < 1.29 is 18.7 Å². The fourth-order valence-electron chi connectivity index (χ4n) is 1.85. The van der Waals surface area contributed by atoms with E-state index in [1.807, 2.05) is 0 Å². The molecule has 0 saturated heterocycles. The largest absolute Gasteiger partial charge is 0.478 e. The fourth-order valence-corrected chi connectivity index (χ4v) is 1.98. The number of hydrazine groups is 1. The lowest BCUT2D eigenvalue weighted by atomic mass is 10.1. The average Bonchev–Trinajstić information content (AvgIpc) is 2.56. The third kappa shape index (κ3) is 5.24. The number of carbonyl (C=O) groups excluding carboxylic acids is 2. The molecule has 0 radical (unpaired) electrons. The first-order valence-corrected chi connectivity index (χ1v) is 7.58. The number of rotatable bonds is 5. The SMILES string of the molecule is C[C@H](Oc1ccccc1F)C(=O)NNC(=O)Cc1ccc(Cl)cc1. The van der Waals surface area contributed by atoms with Crippen molar-refractivity contribution in [3.05, 3.63) is 64.9 Å². The Morgan fingerprint density at radius 2 is 1.79 bits per heavy atom. The van der Waals surface area contributed by atoms with E-state index in [1.54, 1.807) is 30.3 Å². The number of amides is 2. The highest BCUT2D eigenvalue weighted by atomic mass is 35.5. The maximum atomic E-state index is 13.5. The summed E-state index contributed by atoms with van der Waals surface area (Å²) in [7, 11) is 0. The fraction of sp³-hybridized carbons (Fsp3) is 0.176. The van der Waals surface area contributed by atoms with Crippen LogP contribution in [-0.2, 0) is 16.0 Å². The predicted octanol–water partition coefficient (Wildman–Crippen LogP) is 2.64. The predicted molar refractivity (Wildman–Crippen MR) is 87.9 cm³/mol. The van der Waals surface area contributed by atoms with Gasteiger partial charge in [0.05, 0.1) is 6.42 Å². The lowest BCUT2D eigenvalue weighted by molar-refractivity contribution is -0.132. The van der Waals surface area contributed by atoms with Gasteiger partial charge >= 0.3 is 0 Å². The molecule has 0 bridgehead atoms. The van der Waals surface area contributed by atoms with Crippen molar-refractivity contribution in [3.63, 3.8) is 0 Å². The molecule has 2 aromatic carbocycles. The van der Waals surface area contributed by atoms with Gasteiger partial charge in [-0.05, 0) is 36.8 Å². The van der Waals surface area contributed by atoms with Crippen molar-refractivity contribution in [2.75, 3.05) is 0 Å². The van der Waals surface area contributed by atoms with Gasteiger partial charge in [0.25, 0.3) is 5.91 Å². The minimum absolute atomic E-state index is 0.0346. The molecule has 2 aromatic rings. The van der Waals surface area contributed by atoms with Crippen LogP contribution in [0.4, 0.5) is 4.39 Å². The van der Waals surface area contributed by atoms with Crippen LogP contribution < -0.4 is 15.6 Å². The Morgan fingerprint density at radius 3 is 2.46 bits per heavy atom. The molecule has 2 amide bonds. The lowest BCUT2D eigenvalue weighted by Crippen LogP contribution is -2.47. The molecular formula is C17H16ClFN2O3. The van der Waals surface area contributed by atoms with Gasteiger partial charge in [0.15, 0.2) is 17.7 Å². The summed E-state index contributed by atoms with van der Waals surface area (Å²) in [6.07, 6.45) is -0.891. The number of carbonyl (C=O) groups is 2. The molecule has 0 heterocycles. The van der Waals surface area contributed by atoms with Gasteiger partial charge in [0.2, 0.25) is 5.91 Å². The Kier molecular flexibility index (Phi) is 6.14. The van der Waals surface area contributed by atoms with E-state index in [-0.39, 0.29) is 12.2 Å². The molecule has 0 unspecified atom stereocenters. The van der Waals surface area contributed by atoms with Crippen LogP contribution in [0.15, 0.2) is 48.5 Å². The Labute approximate surface area is 143 Å². The molecular weight excluding hydrogens is 335 g/mol. The third-order valence-corrected chi connectivity index (χ3v) is 3.36. The number of hydrogen-bond donors (Lipinski definition) is 2. The van der Waals surface area contributed by atoms with Gasteiger partial charge in [0, 0.05) is 5.02 Å². The highest BCUT2D eigenvalue weighted by molar-refractivity contribution is 6.30. The molecule has 126 valence electrons. The molecule has 0 aliphatic heterocycles. The number of ether oxygens (including phenoxy) is 1. The molecule has 5 nitrogen and oxygen atoms in total. The maximum Gasteiger partial charge on any atom is 0.279 e. The lowest BCUT2D eigenvalue weighted by Gasteiger charge is -2.15. The standard InChI is InChI=1S/C17H16ClFN2O3/c1-11(24-15-5-3-2-4-14(15)19)17(23)21-20-16(22)10-12-6-8-13(18)9-7-12/h2-9,11H,10H2,1H3,(H,20,22)(H,21,23)/t11-/m0/s1. The number of para-hydroxylation sites is 1. The molecule has 0 saturated carbocycles. The molecule has 0 aromatic heterocycles. The second-order valence-corrected chi connectivity index (χ2v) is 5.47. The first-order valence-electron chi connectivity index (χ1n) is 7.20. The minimum atomic E-state index is -0.974. The van der Waals surface area contributed by atoms with Crippen LogP contribution in [0.25, 0.3) is 0 Å². The third-order valence-electron chi connectivity index (χ3n) is 3.11. The summed E-state index contributed by atoms with van der Waals surface area (Å²) >= 11 is 5.77. The van der Waals surface area contributed by atoms with Crippen molar-refractivity contribution in [1.29, 1.82) is 0 Å². The Bertz CT molecular complexity index is 722. The molecule has 7 heteroatoms. The summed E-state index contributed by atoms with van der Waals surface area (Å²) in [6.45, 7) is 1.45. The van der Waals surface area contributed by atoms with Gasteiger partial charge < -0.3 is 4.74 Å². The van der Waals surface area contributed by atoms with Crippen molar-refractivity contribution in [1.82, 2.24) is 10.9 Å². The van der Waals surface area contributed by atoms with E-state index in [0.29, 0.717) is 5.02 Å². The van der Waals surface area contributed by atoms with Crippen LogP contribution in [0.5, 0.6) is 5.75 Å². The van der Waals surface area contributed by atoms with Crippen molar-refractivity contribution in [2.24, 2.45) is 0 Å². The monoisotopic (exact) mass is 350 g/mol. The summed E-state index contributed by atoms with van der Waals surface area (Å²) in [5, 5.41) is 0.576. The van der Waals surface area contributed by atoms with Gasteiger partial charge in [-0.3, -0.25) is 20.4 Å². The molecule has 0 aliphatic carbocycles. The van der Waals surface area contributed by atoms with Crippen LogP contribution in [0, 0.1) is 5.82 Å². The van der Waals surface area contributed by atoms with Gasteiger partial charge in [-0.15, -0.1) is 0 Å². The maximum absolute atomic E-state index is 13.5. The average molecular weight is 351 g/mol. The highest BCUT2D eigenvalue weighted by Gasteiger charge is 2.17. The van der Waals surface area contributed by atoms with E-state index in [9.17, 15) is 14.0 Å². The summed E-state index contributed by atoms with van der Waals surface area (Å²) in [6, 6.07) is 12.5. The molecule has 0 fully saturated rings. The van der Waals surface area contributed by atoms with Crippen LogP contribution >= 0.6 is 11.6 Å². The second kappa shape index (κ2) is 8.31. The molecule has 2 N–H and O–H groups in total.